The molecule has 7 nitrogen and oxygen atoms in total. The molecule has 1 fully saturated rings. The van der Waals surface area contributed by atoms with Gasteiger partial charge in [0, 0.05) is 6.20 Å². The van der Waals surface area contributed by atoms with Gasteiger partial charge in [-0.3, -0.25) is 14.3 Å². The Morgan fingerprint density at radius 3 is 2.78 bits per heavy atom. The minimum Gasteiger partial charge on any atom is -0.394 e. The van der Waals surface area contributed by atoms with Crippen LogP contribution in [0.25, 0.3) is 0 Å². The molecule has 0 spiro atoms. The number of aliphatic hydroxyl groups is 2. The number of hydrogen-bond acceptors (Lipinski definition) is 5. The van der Waals surface area contributed by atoms with Crippen LogP contribution >= 0.6 is 15.9 Å². The van der Waals surface area contributed by atoms with Crippen LogP contribution in [0.3, 0.4) is 0 Å². The van der Waals surface area contributed by atoms with E-state index in [-0.39, 0.29) is 4.47 Å². The topological polar surface area (TPSA) is 105 Å². The minimum absolute atomic E-state index is 0.0424. The lowest BCUT2D eigenvalue weighted by atomic mass is 10.1. The molecule has 100 valence electrons. The maximum atomic E-state index is 13.5. The lowest BCUT2D eigenvalue weighted by Crippen LogP contribution is -2.37. The Kier molecular flexibility index (Phi) is 3.66. The van der Waals surface area contributed by atoms with Crippen molar-refractivity contribution in [1.29, 1.82) is 0 Å². The fraction of sp³-hybridized carbons (Fsp3) is 0.556. The molecule has 0 amide bonds. The van der Waals surface area contributed by atoms with Crippen molar-refractivity contribution in [1.82, 2.24) is 9.55 Å². The molecule has 0 radical (unpaired) electrons. The summed E-state index contributed by atoms with van der Waals surface area (Å²) in [5.41, 5.74) is -1.47. The lowest BCUT2D eigenvalue weighted by molar-refractivity contribution is -0.0538. The van der Waals surface area contributed by atoms with E-state index in [0.29, 0.717) is 0 Å². The van der Waals surface area contributed by atoms with Gasteiger partial charge in [0.15, 0.2) is 12.4 Å². The molecule has 0 saturated carbocycles. The van der Waals surface area contributed by atoms with Gasteiger partial charge in [0.2, 0.25) is 0 Å². The molecule has 2 rings (SSSR count). The van der Waals surface area contributed by atoms with Gasteiger partial charge in [0.1, 0.15) is 12.2 Å². The van der Waals surface area contributed by atoms with Crippen LogP contribution in [0.4, 0.5) is 4.39 Å². The summed E-state index contributed by atoms with van der Waals surface area (Å²) >= 11 is 2.91. The molecule has 18 heavy (non-hydrogen) atoms. The molecule has 1 aliphatic heterocycles. The number of aliphatic hydroxyl groups excluding tert-OH is 2. The van der Waals surface area contributed by atoms with Crippen molar-refractivity contribution in [2.45, 2.75) is 24.6 Å². The van der Waals surface area contributed by atoms with E-state index < -0.39 is 42.5 Å². The van der Waals surface area contributed by atoms with E-state index in [1.165, 1.54) is 0 Å². The molecule has 4 atom stereocenters. The predicted molar refractivity (Wildman–Crippen MR) is 60.9 cm³/mol. The van der Waals surface area contributed by atoms with Gasteiger partial charge in [-0.25, -0.2) is 9.18 Å². The van der Waals surface area contributed by atoms with Crippen molar-refractivity contribution in [3.8, 4) is 0 Å². The number of H-pyrrole nitrogens is 1. The summed E-state index contributed by atoms with van der Waals surface area (Å²) in [5.74, 6) is 0. The van der Waals surface area contributed by atoms with Crippen LogP contribution in [0.15, 0.2) is 20.3 Å². The van der Waals surface area contributed by atoms with Crippen LogP contribution in [0, 0.1) is 0 Å². The number of aromatic nitrogens is 2. The second kappa shape index (κ2) is 4.92. The van der Waals surface area contributed by atoms with E-state index in [9.17, 15) is 19.1 Å². The molecule has 9 heteroatoms. The average Bonchev–Trinajstić information content (AvgIpc) is 2.61. The normalized spacial score (nSPS) is 31.8. The predicted octanol–water partition coefficient (Wildman–Crippen LogP) is -1.11. The Morgan fingerprint density at radius 2 is 2.22 bits per heavy atom. The summed E-state index contributed by atoms with van der Waals surface area (Å²) in [4.78, 5) is 24.7. The van der Waals surface area contributed by atoms with Crippen molar-refractivity contribution < 1.29 is 19.3 Å². The Hall–Kier alpha value is -1.03. The number of rotatable bonds is 2. The highest BCUT2D eigenvalue weighted by atomic mass is 79.9. The molecule has 1 aromatic rings. The summed E-state index contributed by atoms with van der Waals surface area (Å²) < 4.78 is 19.4. The number of alkyl halides is 1. The van der Waals surface area contributed by atoms with Crippen molar-refractivity contribution in [2.75, 3.05) is 6.61 Å². The van der Waals surface area contributed by atoms with Gasteiger partial charge in [-0.05, 0) is 15.9 Å². The van der Waals surface area contributed by atoms with E-state index >= 15 is 0 Å². The Bertz CT molecular complexity index is 559. The zero-order chi connectivity index (χ0) is 13.4. The molecule has 0 bridgehead atoms. The maximum absolute atomic E-state index is 13.5. The summed E-state index contributed by atoms with van der Waals surface area (Å²) in [5, 5.41) is 18.5. The molecule has 0 aliphatic carbocycles. The molecule has 4 unspecified atom stereocenters. The van der Waals surface area contributed by atoms with E-state index in [4.69, 9.17) is 9.84 Å². The Balaban J connectivity index is 2.42. The van der Waals surface area contributed by atoms with Crippen molar-refractivity contribution >= 4 is 15.9 Å². The second-order valence-corrected chi connectivity index (χ2v) is 4.68. The summed E-state index contributed by atoms with van der Waals surface area (Å²) in [6.45, 7) is -0.617. The maximum Gasteiger partial charge on any atom is 0.330 e. The summed E-state index contributed by atoms with van der Waals surface area (Å²) in [6, 6.07) is 0. The monoisotopic (exact) mass is 324 g/mol. The number of hydrogen-bond donors (Lipinski definition) is 3. The lowest BCUT2D eigenvalue weighted by Gasteiger charge is -2.16. The Morgan fingerprint density at radius 1 is 1.56 bits per heavy atom. The third-order valence-electron chi connectivity index (χ3n) is 2.67. The first kappa shape index (κ1) is 13.4. The molecular formula is C9H10BrFN2O5. The third-order valence-corrected chi connectivity index (χ3v) is 3.23. The molecule has 3 N–H and O–H groups in total. The number of nitrogens with zero attached hydrogens (tertiary/aromatic N) is 1. The molecule has 0 aromatic carbocycles. The highest BCUT2D eigenvalue weighted by Gasteiger charge is 2.45. The first-order chi connectivity index (χ1) is 8.45. The van der Waals surface area contributed by atoms with Crippen LogP contribution < -0.4 is 11.2 Å². The number of halogens is 2. The number of nitrogens with one attached hydrogen (secondary N) is 1. The average molecular weight is 325 g/mol. The van der Waals surface area contributed by atoms with Crippen molar-refractivity contribution in [3.05, 3.63) is 31.5 Å². The third kappa shape index (κ3) is 2.14. The summed E-state index contributed by atoms with van der Waals surface area (Å²) in [6.07, 6.45) is -4.81. The van der Waals surface area contributed by atoms with Crippen molar-refractivity contribution in [3.63, 3.8) is 0 Å². The summed E-state index contributed by atoms with van der Waals surface area (Å²) in [7, 11) is 0. The standard InChI is InChI=1S/C9H10BrFN2O5/c10-3-1-13(9(17)12-7(3)16)8-6(15)5(11)4(2-14)18-8/h1,4-6,8,14-15H,2H2,(H,12,16,17). The van der Waals surface area contributed by atoms with E-state index in [1.807, 2.05) is 4.98 Å². The van der Waals surface area contributed by atoms with Gasteiger partial charge in [0.25, 0.3) is 5.56 Å². The van der Waals surface area contributed by atoms with Gasteiger partial charge in [-0.1, -0.05) is 0 Å². The highest BCUT2D eigenvalue weighted by Crippen LogP contribution is 2.30. The molecule has 1 aliphatic rings. The van der Waals surface area contributed by atoms with Crippen molar-refractivity contribution in [2.24, 2.45) is 0 Å². The molecular weight excluding hydrogens is 315 g/mol. The molecule has 1 saturated heterocycles. The van der Waals surface area contributed by atoms with Crippen LogP contribution in [-0.2, 0) is 4.74 Å². The zero-order valence-electron chi connectivity index (χ0n) is 8.92. The van der Waals surface area contributed by atoms with Crippen LogP contribution in [-0.4, -0.2) is 44.8 Å². The number of ether oxygens (including phenoxy) is 1. The SMILES string of the molecule is O=c1[nH]c(=O)n(C2OC(CO)C(F)C2O)cc1Br. The van der Waals surface area contributed by atoms with Crippen LogP contribution in [0.5, 0.6) is 0 Å². The van der Waals surface area contributed by atoms with E-state index in [2.05, 4.69) is 15.9 Å². The first-order valence-corrected chi connectivity index (χ1v) is 5.84. The van der Waals surface area contributed by atoms with E-state index in [1.54, 1.807) is 0 Å². The van der Waals surface area contributed by atoms with Crippen LogP contribution in [0.1, 0.15) is 6.23 Å². The molecule has 1 aromatic heterocycles. The largest absolute Gasteiger partial charge is 0.394 e. The van der Waals surface area contributed by atoms with Gasteiger partial charge in [-0.2, -0.15) is 0 Å². The highest BCUT2D eigenvalue weighted by molar-refractivity contribution is 9.10. The Labute approximate surface area is 108 Å². The van der Waals surface area contributed by atoms with Gasteiger partial charge in [-0.15, -0.1) is 0 Å². The smallest absolute Gasteiger partial charge is 0.330 e. The molecule has 2 heterocycles. The van der Waals surface area contributed by atoms with E-state index in [0.717, 1.165) is 10.8 Å². The minimum atomic E-state index is -1.81. The number of aromatic amines is 1. The fourth-order valence-electron chi connectivity index (χ4n) is 1.74. The van der Waals surface area contributed by atoms with Crippen LogP contribution in [0.2, 0.25) is 0 Å². The zero-order valence-corrected chi connectivity index (χ0v) is 10.5. The quantitative estimate of drug-likeness (QED) is 0.639. The second-order valence-electron chi connectivity index (χ2n) is 3.83. The fourth-order valence-corrected chi connectivity index (χ4v) is 2.06. The van der Waals surface area contributed by atoms with Gasteiger partial charge in [0.05, 0.1) is 11.1 Å². The van der Waals surface area contributed by atoms with Gasteiger partial charge < -0.3 is 14.9 Å². The first-order valence-electron chi connectivity index (χ1n) is 5.05. The van der Waals surface area contributed by atoms with Gasteiger partial charge >= 0.3 is 5.69 Å².